The van der Waals surface area contributed by atoms with Crippen molar-refractivity contribution in [1.82, 2.24) is 10.2 Å². The van der Waals surface area contributed by atoms with Crippen molar-refractivity contribution in [3.8, 4) is 0 Å². The molecule has 124 valence electrons. The van der Waals surface area contributed by atoms with Crippen molar-refractivity contribution in [2.75, 3.05) is 26.2 Å². The van der Waals surface area contributed by atoms with Crippen LogP contribution in [-0.2, 0) is 17.6 Å². The zero-order valence-electron chi connectivity index (χ0n) is 13.9. The molecule has 0 spiro atoms. The lowest BCUT2D eigenvalue weighted by molar-refractivity contribution is -0.122. The fraction of sp³-hybridized carbons (Fsp3) is 0.579. The van der Waals surface area contributed by atoms with E-state index in [-0.39, 0.29) is 11.7 Å². The van der Waals surface area contributed by atoms with E-state index in [1.807, 2.05) is 12.1 Å². The molecule has 2 aliphatic rings. The fourth-order valence-corrected chi connectivity index (χ4v) is 3.36. The third-order valence-electron chi connectivity index (χ3n) is 5.19. The molecule has 1 aromatic rings. The Morgan fingerprint density at radius 2 is 1.91 bits per heavy atom. The normalized spacial score (nSPS) is 18.7. The molecule has 0 atom stereocenters. The summed E-state index contributed by atoms with van der Waals surface area (Å²) >= 11 is 0. The summed E-state index contributed by atoms with van der Waals surface area (Å²) in [6, 6.07) is 6.02. The van der Waals surface area contributed by atoms with Crippen LogP contribution in [0.25, 0.3) is 0 Å². The highest BCUT2D eigenvalue weighted by Crippen LogP contribution is 2.25. The highest BCUT2D eigenvalue weighted by molar-refractivity contribution is 5.94. The smallest absolute Gasteiger partial charge is 0.234 e. The molecule has 4 nitrogen and oxygen atoms in total. The van der Waals surface area contributed by atoms with E-state index < -0.39 is 0 Å². The number of nitrogens with zero attached hydrogens (tertiary/aromatic N) is 1. The lowest BCUT2D eigenvalue weighted by Gasteiger charge is -2.26. The molecule has 23 heavy (non-hydrogen) atoms. The van der Waals surface area contributed by atoms with Gasteiger partial charge in [-0.05, 0) is 55.7 Å². The number of nitrogens with one attached hydrogen (secondary N) is 1. The summed E-state index contributed by atoms with van der Waals surface area (Å²) in [6.45, 7) is 4.72. The van der Waals surface area contributed by atoms with Gasteiger partial charge in [0.2, 0.25) is 5.91 Å². The summed E-state index contributed by atoms with van der Waals surface area (Å²) in [5.41, 5.74) is 3.36. The van der Waals surface area contributed by atoms with Crippen LogP contribution >= 0.6 is 0 Å². The molecule has 1 aliphatic carbocycles. The Labute approximate surface area is 138 Å². The number of carbonyl (C=O) groups excluding carboxylic acids is 2. The van der Waals surface area contributed by atoms with Crippen molar-refractivity contribution >= 4 is 11.7 Å². The highest BCUT2D eigenvalue weighted by Gasteiger charge is 2.20. The molecular formula is C19H26N2O2. The zero-order chi connectivity index (χ0) is 16.2. The second-order valence-electron chi connectivity index (χ2n) is 6.92. The van der Waals surface area contributed by atoms with Gasteiger partial charge in [-0.25, -0.2) is 0 Å². The number of fused-ring (bicyclic) bond motifs is 1. The molecule has 0 radical (unpaired) electrons. The van der Waals surface area contributed by atoms with Crippen LogP contribution in [0.1, 0.15) is 47.7 Å². The predicted octanol–water partition coefficient (Wildman–Crippen LogP) is 2.21. The molecule has 0 unspecified atom stereocenters. The maximum Gasteiger partial charge on any atom is 0.234 e. The number of rotatable bonds is 5. The molecule has 1 amide bonds. The van der Waals surface area contributed by atoms with Gasteiger partial charge in [0.15, 0.2) is 5.78 Å². The fourth-order valence-electron chi connectivity index (χ4n) is 3.36. The molecule has 1 N–H and O–H groups in total. The van der Waals surface area contributed by atoms with Crippen LogP contribution in [0.3, 0.4) is 0 Å². The summed E-state index contributed by atoms with van der Waals surface area (Å²) in [4.78, 5) is 25.8. The lowest BCUT2D eigenvalue weighted by atomic mass is 9.85. The van der Waals surface area contributed by atoms with Crippen molar-refractivity contribution in [2.45, 2.75) is 39.0 Å². The zero-order valence-corrected chi connectivity index (χ0v) is 13.9. The molecule has 1 saturated carbocycles. The van der Waals surface area contributed by atoms with E-state index in [4.69, 9.17) is 0 Å². The van der Waals surface area contributed by atoms with Crippen molar-refractivity contribution < 1.29 is 9.59 Å². The number of carbonyl (C=O) groups is 2. The van der Waals surface area contributed by atoms with Gasteiger partial charge in [0.25, 0.3) is 0 Å². The summed E-state index contributed by atoms with van der Waals surface area (Å²) in [7, 11) is 0. The minimum absolute atomic E-state index is 0.115. The monoisotopic (exact) mass is 314 g/mol. The molecule has 3 rings (SSSR count). The van der Waals surface area contributed by atoms with Crippen LogP contribution < -0.4 is 5.32 Å². The van der Waals surface area contributed by atoms with E-state index in [1.165, 1.54) is 30.4 Å². The first-order valence-corrected chi connectivity index (χ1v) is 8.73. The van der Waals surface area contributed by atoms with Gasteiger partial charge in [-0.3, -0.25) is 14.5 Å². The van der Waals surface area contributed by atoms with E-state index >= 15 is 0 Å². The molecule has 4 heteroatoms. The van der Waals surface area contributed by atoms with Gasteiger partial charge in [-0.15, -0.1) is 0 Å². The molecule has 1 heterocycles. The van der Waals surface area contributed by atoms with E-state index in [9.17, 15) is 9.59 Å². The summed E-state index contributed by atoms with van der Waals surface area (Å²) in [5.74, 6) is 0.967. The van der Waals surface area contributed by atoms with E-state index in [1.54, 1.807) is 6.92 Å². The van der Waals surface area contributed by atoms with Crippen molar-refractivity contribution in [3.05, 3.63) is 34.9 Å². The van der Waals surface area contributed by atoms with Crippen LogP contribution in [0.5, 0.6) is 0 Å². The Morgan fingerprint density at radius 1 is 1.17 bits per heavy atom. The van der Waals surface area contributed by atoms with Gasteiger partial charge in [0.1, 0.15) is 0 Å². The van der Waals surface area contributed by atoms with Gasteiger partial charge in [-0.2, -0.15) is 0 Å². The summed E-state index contributed by atoms with van der Waals surface area (Å²) in [6.07, 6.45) is 5.69. The second kappa shape index (κ2) is 7.26. The second-order valence-corrected chi connectivity index (χ2v) is 6.92. The number of amides is 1. The summed E-state index contributed by atoms with van der Waals surface area (Å²) in [5, 5.41) is 3.07. The Kier molecular flexibility index (Phi) is 5.11. The van der Waals surface area contributed by atoms with Crippen LogP contribution in [0.4, 0.5) is 0 Å². The molecule has 0 aromatic heterocycles. The Balaban J connectivity index is 1.52. The number of Topliss-reactive ketones (excluding diaryl/α,β-unsaturated/α-hetero) is 1. The third-order valence-corrected chi connectivity index (χ3v) is 5.19. The maximum atomic E-state index is 12.1. The van der Waals surface area contributed by atoms with E-state index in [2.05, 4.69) is 16.3 Å². The number of hydrogen-bond acceptors (Lipinski definition) is 3. The maximum absolute atomic E-state index is 12.1. The highest BCUT2D eigenvalue weighted by atomic mass is 16.2. The van der Waals surface area contributed by atoms with Gasteiger partial charge in [0.05, 0.1) is 6.54 Å². The predicted molar refractivity (Wildman–Crippen MR) is 90.6 cm³/mol. The molecule has 1 aliphatic heterocycles. The van der Waals surface area contributed by atoms with Gasteiger partial charge < -0.3 is 5.32 Å². The standard InChI is InChI=1S/C19H26N2O2/c1-14(22)17-6-5-16-7-9-21(10-8-18(16)11-17)13-19(23)20-12-15-3-2-4-15/h5-6,11,15H,2-4,7-10,12-13H2,1H3,(H,20,23). The minimum atomic E-state index is 0.115. The van der Waals surface area contributed by atoms with Crippen LogP contribution in [0.15, 0.2) is 18.2 Å². The Bertz CT molecular complexity index is 593. The largest absolute Gasteiger partial charge is 0.355 e. The number of hydrogen-bond donors (Lipinski definition) is 1. The van der Waals surface area contributed by atoms with Crippen LogP contribution in [0, 0.1) is 5.92 Å². The molecule has 1 aromatic carbocycles. The Hall–Kier alpha value is -1.68. The van der Waals surface area contributed by atoms with Crippen molar-refractivity contribution in [1.29, 1.82) is 0 Å². The number of benzene rings is 1. The molecular weight excluding hydrogens is 288 g/mol. The molecule has 0 bridgehead atoms. The van der Waals surface area contributed by atoms with Crippen LogP contribution in [-0.4, -0.2) is 42.8 Å². The first kappa shape index (κ1) is 16.2. The minimum Gasteiger partial charge on any atom is -0.355 e. The van der Waals surface area contributed by atoms with Crippen molar-refractivity contribution in [3.63, 3.8) is 0 Å². The molecule has 0 saturated heterocycles. The van der Waals surface area contributed by atoms with Gasteiger partial charge in [-0.1, -0.05) is 18.6 Å². The quantitative estimate of drug-likeness (QED) is 0.848. The SMILES string of the molecule is CC(=O)c1ccc2c(c1)CCN(CC(=O)NCC1CCC1)CC2. The average Bonchev–Trinajstić information content (AvgIpc) is 2.67. The summed E-state index contributed by atoms with van der Waals surface area (Å²) < 4.78 is 0. The van der Waals surface area contributed by atoms with E-state index in [0.29, 0.717) is 12.5 Å². The van der Waals surface area contributed by atoms with E-state index in [0.717, 1.165) is 38.0 Å². The van der Waals surface area contributed by atoms with Crippen molar-refractivity contribution in [2.24, 2.45) is 5.92 Å². The first-order valence-electron chi connectivity index (χ1n) is 8.73. The average molecular weight is 314 g/mol. The van der Waals surface area contributed by atoms with Crippen LogP contribution in [0.2, 0.25) is 0 Å². The van der Waals surface area contributed by atoms with Gasteiger partial charge in [0, 0.05) is 25.2 Å². The molecule has 1 fully saturated rings. The lowest BCUT2D eigenvalue weighted by Crippen LogP contribution is -2.41. The third kappa shape index (κ3) is 4.20. The van der Waals surface area contributed by atoms with Gasteiger partial charge >= 0.3 is 0 Å². The number of ketones is 1. The Morgan fingerprint density at radius 3 is 2.57 bits per heavy atom. The topological polar surface area (TPSA) is 49.4 Å². The first-order chi connectivity index (χ1) is 11.1.